The maximum Gasteiger partial charge on any atom is 0.241 e. The monoisotopic (exact) mass is 401 g/mol. The molecule has 27 heavy (non-hydrogen) atoms. The number of aryl methyl sites for hydroxylation is 1. The summed E-state index contributed by atoms with van der Waals surface area (Å²) < 4.78 is 1.72. The zero-order chi connectivity index (χ0) is 18.8. The lowest BCUT2D eigenvalue weighted by Crippen LogP contribution is -2.50. The molecule has 1 aliphatic rings. The summed E-state index contributed by atoms with van der Waals surface area (Å²) in [6, 6.07) is 7.83. The molecule has 3 aromatic rings. The molecular weight excluding hydrogens is 382 g/mol. The van der Waals surface area contributed by atoms with Crippen LogP contribution in [0.15, 0.2) is 47.8 Å². The number of fused-ring (bicyclic) bond motifs is 1. The summed E-state index contributed by atoms with van der Waals surface area (Å²) in [5.41, 5.74) is 1.78. The Morgan fingerprint density at radius 2 is 2.15 bits per heavy atom. The maximum absolute atomic E-state index is 12.5. The number of carbonyl (C=O) groups is 1. The van der Waals surface area contributed by atoms with Gasteiger partial charge in [-0.15, -0.1) is 11.8 Å². The fourth-order valence-corrected chi connectivity index (χ4v) is 4.46. The second-order valence-electron chi connectivity index (χ2n) is 6.51. The van der Waals surface area contributed by atoms with Gasteiger partial charge in [-0.05, 0) is 18.2 Å². The zero-order valence-corrected chi connectivity index (χ0v) is 16.6. The van der Waals surface area contributed by atoms with Crippen molar-refractivity contribution in [1.29, 1.82) is 0 Å². The van der Waals surface area contributed by atoms with E-state index in [-0.39, 0.29) is 5.91 Å². The first-order valence-corrected chi connectivity index (χ1v) is 10.1. The normalized spacial score (nSPS) is 15.6. The van der Waals surface area contributed by atoms with Crippen molar-refractivity contribution in [2.24, 2.45) is 7.05 Å². The van der Waals surface area contributed by atoms with E-state index >= 15 is 0 Å². The molecule has 1 aliphatic heterocycles. The highest BCUT2D eigenvalue weighted by molar-refractivity contribution is 7.99. The standard InChI is InChI=1S/C19H20ClN5OS/c1-23-12-15(11-22-23)25-7-6-24(13-19(25)26)8-9-27-18-4-5-21-17-10-14(20)2-3-16(17)18/h2-5,10-12H,6-9,13H2,1H3. The van der Waals surface area contributed by atoms with Crippen molar-refractivity contribution in [1.82, 2.24) is 19.7 Å². The van der Waals surface area contributed by atoms with Gasteiger partial charge in [0.15, 0.2) is 0 Å². The van der Waals surface area contributed by atoms with Gasteiger partial charge in [-0.1, -0.05) is 17.7 Å². The third kappa shape index (κ3) is 4.10. The molecular formula is C19H20ClN5OS. The second-order valence-corrected chi connectivity index (χ2v) is 8.09. The van der Waals surface area contributed by atoms with Crippen molar-refractivity contribution in [2.75, 3.05) is 36.8 Å². The second kappa shape index (κ2) is 7.88. The van der Waals surface area contributed by atoms with Gasteiger partial charge in [0.05, 0.1) is 23.9 Å². The van der Waals surface area contributed by atoms with Crippen LogP contribution < -0.4 is 4.90 Å². The molecule has 6 nitrogen and oxygen atoms in total. The van der Waals surface area contributed by atoms with Crippen LogP contribution in [0, 0.1) is 0 Å². The summed E-state index contributed by atoms with van der Waals surface area (Å²) in [5.74, 6) is 1.05. The summed E-state index contributed by atoms with van der Waals surface area (Å²) >= 11 is 7.84. The quantitative estimate of drug-likeness (QED) is 0.615. The molecule has 0 N–H and O–H groups in total. The van der Waals surface area contributed by atoms with Gasteiger partial charge in [-0.3, -0.25) is 19.4 Å². The summed E-state index contributed by atoms with van der Waals surface area (Å²) in [7, 11) is 1.86. The highest BCUT2D eigenvalue weighted by atomic mass is 35.5. The Morgan fingerprint density at radius 1 is 1.26 bits per heavy atom. The molecule has 8 heteroatoms. The van der Waals surface area contributed by atoms with Crippen molar-refractivity contribution in [3.63, 3.8) is 0 Å². The molecule has 0 radical (unpaired) electrons. The molecule has 1 saturated heterocycles. The van der Waals surface area contributed by atoms with Crippen molar-refractivity contribution < 1.29 is 4.79 Å². The van der Waals surface area contributed by atoms with Crippen LogP contribution in [0.1, 0.15) is 0 Å². The van der Waals surface area contributed by atoms with Gasteiger partial charge in [0.1, 0.15) is 0 Å². The van der Waals surface area contributed by atoms with Crippen LogP contribution in [0.3, 0.4) is 0 Å². The molecule has 0 saturated carbocycles. The van der Waals surface area contributed by atoms with E-state index in [0.29, 0.717) is 18.1 Å². The smallest absolute Gasteiger partial charge is 0.241 e. The Morgan fingerprint density at radius 3 is 2.93 bits per heavy atom. The predicted molar refractivity (Wildman–Crippen MR) is 109 cm³/mol. The van der Waals surface area contributed by atoms with Crippen molar-refractivity contribution >= 4 is 45.9 Å². The van der Waals surface area contributed by atoms with Crippen LogP contribution >= 0.6 is 23.4 Å². The molecule has 0 bridgehead atoms. The Hall–Kier alpha value is -2.09. The van der Waals surface area contributed by atoms with E-state index in [2.05, 4.69) is 15.0 Å². The molecule has 2 aromatic heterocycles. The number of pyridine rings is 1. The number of hydrogen-bond acceptors (Lipinski definition) is 5. The average Bonchev–Trinajstić information content (AvgIpc) is 3.08. The minimum atomic E-state index is 0.128. The fourth-order valence-electron chi connectivity index (χ4n) is 3.24. The van der Waals surface area contributed by atoms with Gasteiger partial charge >= 0.3 is 0 Å². The van der Waals surface area contributed by atoms with Gasteiger partial charge < -0.3 is 4.90 Å². The highest BCUT2D eigenvalue weighted by Gasteiger charge is 2.25. The Bertz CT molecular complexity index is 976. The minimum absolute atomic E-state index is 0.128. The van der Waals surface area contributed by atoms with E-state index < -0.39 is 0 Å². The summed E-state index contributed by atoms with van der Waals surface area (Å²) in [6.07, 6.45) is 5.44. The van der Waals surface area contributed by atoms with Crippen LogP contribution in [0.5, 0.6) is 0 Å². The molecule has 1 amide bonds. The Kier molecular flexibility index (Phi) is 5.33. The van der Waals surface area contributed by atoms with Crippen molar-refractivity contribution in [3.05, 3.63) is 47.9 Å². The molecule has 0 unspecified atom stereocenters. The summed E-state index contributed by atoms with van der Waals surface area (Å²) in [5, 5.41) is 5.96. The Balaban J connectivity index is 1.33. The number of aromatic nitrogens is 3. The molecule has 0 aliphatic carbocycles. The molecule has 0 spiro atoms. The number of benzene rings is 1. The van der Waals surface area contributed by atoms with Crippen LogP contribution in [0.2, 0.25) is 5.02 Å². The molecule has 140 valence electrons. The lowest BCUT2D eigenvalue weighted by Gasteiger charge is -2.33. The summed E-state index contributed by atoms with van der Waals surface area (Å²) in [4.78, 5) is 22.1. The first-order valence-electron chi connectivity index (χ1n) is 8.78. The van der Waals surface area contributed by atoms with Crippen LogP contribution in [0.4, 0.5) is 5.69 Å². The lowest BCUT2D eigenvalue weighted by molar-refractivity contribution is -0.121. The number of amides is 1. The number of piperazine rings is 1. The zero-order valence-electron chi connectivity index (χ0n) is 15.0. The van der Waals surface area contributed by atoms with Gasteiger partial charge in [0.25, 0.3) is 0 Å². The number of rotatable bonds is 5. The van der Waals surface area contributed by atoms with E-state index in [4.69, 9.17) is 11.6 Å². The molecule has 1 aromatic carbocycles. The average molecular weight is 402 g/mol. The molecule has 1 fully saturated rings. The number of hydrogen-bond donors (Lipinski definition) is 0. The predicted octanol–water partition coefficient (Wildman–Crippen LogP) is 3.06. The van der Waals surface area contributed by atoms with Gasteiger partial charge in [0.2, 0.25) is 5.91 Å². The van der Waals surface area contributed by atoms with Crippen molar-refractivity contribution in [3.8, 4) is 0 Å². The van der Waals surface area contributed by atoms with E-state index in [1.165, 1.54) is 4.90 Å². The number of nitrogens with zero attached hydrogens (tertiary/aromatic N) is 5. The number of halogens is 1. The van der Waals surface area contributed by atoms with Crippen LogP contribution in [-0.4, -0.2) is 57.5 Å². The number of anilines is 1. The van der Waals surface area contributed by atoms with Crippen LogP contribution in [0.25, 0.3) is 10.9 Å². The highest BCUT2D eigenvalue weighted by Crippen LogP contribution is 2.28. The fraction of sp³-hybridized carbons (Fsp3) is 0.316. The van der Waals surface area contributed by atoms with E-state index in [1.54, 1.807) is 22.6 Å². The van der Waals surface area contributed by atoms with E-state index in [1.807, 2.05) is 48.6 Å². The van der Waals surface area contributed by atoms with Gasteiger partial charge in [-0.25, -0.2) is 0 Å². The first kappa shape index (κ1) is 18.3. The van der Waals surface area contributed by atoms with Gasteiger partial charge in [0, 0.05) is 60.1 Å². The molecule has 0 atom stereocenters. The largest absolute Gasteiger partial charge is 0.307 e. The lowest BCUT2D eigenvalue weighted by atomic mass is 10.2. The minimum Gasteiger partial charge on any atom is -0.307 e. The number of thioether (sulfide) groups is 1. The molecule has 4 rings (SSSR count). The third-order valence-electron chi connectivity index (χ3n) is 4.63. The maximum atomic E-state index is 12.5. The van der Waals surface area contributed by atoms with E-state index in [0.717, 1.165) is 35.4 Å². The SMILES string of the molecule is Cn1cc(N2CCN(CCSc3ccnc4cc(Cl)ccc34)CC2=O)cn1. The third-order valence-corrected chi connectivity index (χ3v) is 5.92. The molecule has 3 heterocycles. The summed E-state index contributed by atoms with van der Waals surface area (Å²) in [6.45, 7) is 2.89. The first-order chi connectivity index (χ1) is 13.1. The Labute approximate surface area is 167 Å². The topological polar surface area (TPSA) is 54.3 Å². The van der Waals surface area contributed by atoms with Crippen molar-refractivity contribution in [2.45, 2.75) is 4.90 Å². The van der Waals surface area contributed by atoms with Gasteiger partial charge in [-0.2, -0.15) is 5.10 Å². The van der Waals surface area contributed by atoms with Crippen LogP contribution in [-0.2, 0) is 11.8 Å². The number of carbonyl (C=O) groups excluding carboxylic acids is 1. The van der Waals surface area contributed by atoms with E-state index in [9.17, 15) is 4.79 Å².